The van der Waals surface area contributed by atoms with Crippen LogP contribution in [0.3, 0.4) is 0 Å². The summed E-state index contributed by atoms with van der Waals surface area (Å²) in [5.74, 6) is -0.544. The molecule has 146 valence electrons. The summed E-state index contributed by atoms with van der Waals surface area (Å²) in [5, 5.41) is 13.4. The zero-order valence-corrected chi connectivity index (χ0v) is 15.7. The van der Waals surface area contributed by atoms with Crippen molar-refractivity contribution in [1.82, 2.24) is 4.90 Å². The number of rotatable bonds is 6. The Kier molecular flexibility index (Phi) is 5.75. The Balaban J connectivity index is 1.76. The third-order valence-electron chi connectivity index (χ3n) is 4.39. The molecule has 0 saturated carbocycles. The first-order valence-electron chi connectivity index (χ1n) is 8.88. The molecule has 0 saturated heterocycles. The zero-order chi connectivity index (χ0) is 20.3. The highest BCUT2D eigenvalue weighted by atomic mass is 19.1. The molecule has 2 N–H and O–H groups in total. The van der Waals surface area contributed by atoms with E-state index in [4.69, 9.17) is 4.42 Å². The van der Waals surface area contributed by atoms with Crippen LogP contribution in [0.15, 0.2) is 51.7 Å². The van der Waals surface area contributed by atoms with E-state index in [2.05, 4.69) is 5.32 Å². The largest absolute Gasteiger partial charge is 0.508 e. The molecule has 6 nitrogen and oxygen atoms in total. The van der Waals surface area contributed by atoms with Crippen molar-refractivity contribution in [2.45, 2.75) is 19.9 Å². The van der Waals surface area contributed by atoms with Crippen LogP contribution in [-0.2, 0) is 17.8 Å². The van der Waals surface area contributed by atoms with E-state index in [0.29, 0.717) is 29.8 Å². The first kappa shape index (κ1) is 19.6. The Hall–Kier alpha value is -3.19. The van der Waals surface area contributed by atoms with Gasteiger partial charge in [0.15, 0.2) is 0 Å². The smallest absolute Gasteiger partial charge is 0.336 e. The number of nitrogens with zero attached hydrogens (tertiary/aromatic N) is 1. The quantitative estimate of drug-likeness (QED) is 0.638. The van der Waals surface area contributed by atoms with Crippen LogP contribution < -0.4 is 10.9 Å². The molecule has 28 heavy (non-hydrogen) atoms. The van der Waals surface area contributed by atoms with Crippen molar-refractivity contribution in [2.75, 3.05) is 18.9 Å². The number of phenols is 1. The Bertz CT molecular complexity index is 1060. The van der Waals surface area contributed by atoms with Crippen molar-refractivity contribution in [3.63, 3.8) is 0 Å². The molecule has 3 aromatic rings. The maximum atomic E-state index is 12.9. The van der Waals surface area contributed by atoms with Gasteiger partial charge in [-0.15, -0.1) is 0 Å². The van der Waals surface area contributed by atoms with Gasteiger partial charge in [0, 0.05) is 29.8 Å². The van der Waals surface area contributed by atoms with Gasteiger partial charge in [-0.1, -0.05) is 6.92 Å². The van der Waals surface area contributed by atoms with E-state index in [1.54, 1.807) is 18.0 Å². The lowest BCUT2D eigenvalue weighted by Gasteiger charge is -2.17. The van der Waals surface area contributed by atoms with E-state index in [0.717, 1.165) is 10.9 Å². The average molecular weight is 384 g/mol. The lowest BCUT2D eigenvalue weighted by Crippen LogP contribution is -2.30. The Morgan fingerprint density at radius 3 is 2.57 bits per heavy atom. The number of likely N-dealkylation sites (N-methyl/N-ethyl adjacent to an activating group) is 1. The minimum atomic E-state index is -0.518. The Morgan fingerprint density at radius 1 is 1.18 bits per heavy atom. The molecule has 2 aromatic carbocycles. The minimum absolute atomic E-state index is 0.0812. The van der Waals surface area contributed by atoms with Gasteiger partial charge in [-0.3, -0.25) is 9.69 Å². The monoisotopic (exact) mass is 384 g/mol. The summed E-state index contributed by atoms with van der Waals surface area (Å²) in [6.45, 7) is 2.34. The lowest BCUT2D eigenvalue weighted by atomic mass is 10.0. The molecular formula is C21H21FN2O4. The van der Waals surface area contributed by atoms with Crippen LogP contribution in [0, 0.1) is 5.82 Å². The highest BCUT2D eigenvalue weighted by Crippen LogP contribution is 2.27. The number of amides is 1. The maximum absolute atomic E-state index is 12.9. The van der Waals surface area contributed by atoms with Crippen LogP contribution in [-0.4, -0.2) is 29.5 Å². The van der Waals surface area contributed by atoms with E-state index in [9.17, 15) is 19.1 Å². The maximum Gasteiger partial charge on any atom is 0.336 e. The molecule has 0 radical (unpaired) electrons. The van der Waals surface area contributed by atoms with Crippen LogP contribution in [0.4, 0.5) is 10.1 Å². The highest BCUT2D eigenvalue weighted by Gasteiger charge is 2.13. The normalized spacial score (nSPS) is 11.1. The summed E-state index contributed by atoms with van der Waals surface area (Å²) in [6, 6.07) is 10.2. The zero-order valence-electron chi connectivity index (χ0n) is 15.7. The molecule has 0 bridgehead atoms. The van der Waals surface area contributed by atoms with Gasteiger partial charge in [0.25, 0.3) is 0 Å². The number of carbonyl (C=O) groups is 1. The summed E-state index contributed by atoms with van der Waals surface area (Å²) in [4.78, 5) is 25.8. The van der Waals surface area contributed by atoms with E-state index < -0.39 is 5.63 Å². The number of fused-ring (bicyclic) bond motifs is 1. The molecule has 0 unspecified atom stereocenters. The Labute approximate surface area is 161 Å². The third-order valence-corrected chi connectivity index (χ3v) is 4.39. The van der Waals surface area contributed by atoms with Crippen molar-refractivity contribution < 1.29 is 18.7 Å². The first-order valence-corrected chi connectivity index (χ1v) is 8.88. The van der Waals surface area contributed by atoms with Gasteiger partial charge in [-0.25, -0.2) is 9.18 Å². The molecule has 0 aliphatic heterocycles. The van der Waals surface area contributed by atoms with E-state index in [-0.39, 0.29) is 24.0 Å². The molecule has 0 spiro atoms. The second kappa shape index (κ2) is 8.22. The van der Waals surface area contributed by atoms with Crippen LogP contribution in [0.1, 0.15) is 18.1 Å². The summed E-state index contributed by atoms with van der Waals surface area (Å²) in [6.07, 6.45) is 0.635. The SMILES string of the molecule is CCc1cc2c(CN(C)CC(=O)Nc3ccc(F)cc3)cc(=O)oc2cc1O. The fraction of sp³-hybridized carbons (Fsp3) is 0.238. The van der Waals surface area contributed by atoms with Crippen molar-refractivity contribution in [2.24, 2.45) is 0 Å². The number of halogens is 1. The molecule has 1 heterocycles. The van der Waals surface area contributed by atoms with Crippen LogP contribution in [0.25, 0.3) is 11.0 Å². The Morgan fingerprint density at radius 2 is 1.89 bits per heavy atom. The molecule has 0 fully saturated rings. The molecular weight excluding hydrogens is 363 g/mol. The molecule has 3 rings (SSSR count). The topological polar surface area (TPSA) is 82.8 Å². The van der Waals surface area contributed by atoms with Crippen molar-refractivity contribution in [3.8, 4) is 5.75 Å². The average Bonchev–Trinajstić information content (AvgIpc) is 2.62. The summed E-state index contributed by atoms with van der Waals surface area (Å²) in [5.41, 5.74) is 1.75. The third kappa shape index (κ3) is 4.55. The number of carbonyl (C=O) groups excluding carboxylic acids is 1. The molecule has 0 aliphatic carbocycles. The van der Waals surface area contributed by atoms with Crippen molar-refractivity contribution in [1.29, 1.82) is 0 Å². The predicted molar refractivity (Wildman–Crippen MR) is 105 cm³/mol. The van der Waals surface area contributed by atoms with Crippen LogP contribution in [0.5, 0.6) is 5.75 Å². The second-order valence-corrected chi connectivity index (χ2v) is 6.65. The van der Waals surface area contributed by atoms with E-state index in [1.807, 2.05) is 6.92 Å². The molecule has 7 heteroatoms. The summed E-state index contributed by atoms with van der Waals surface area (Å²) < 4.78 is 18.1. The summed E-state index contributed by atoms with van der Waals surface area (Å²) >= 11 is 0. The highest BCUT2D eigenvalue weighted by molar-refractivity contribution is 5.92. The fourth-order valence-electron chi connectivity index (χ4n) is 3.05. The minimum Gasteiger partial charge on any atom is -0.508 e. The van der Waals surface area contributed by atoms with Gasteiger partial charge in [0.05, 0.1) is 6.54 Å². The molecule has 1 aromatic heterocycles. The van der Waals surface area contributed by atoms with Gasteiger partial charge in [0.2, 0.25) is 5.91 Å². The number of benzene rings is 2. The number of aryl methyl sites for hydroxylation is 1. The van der Waals surface area contributed by atoms with Crippen molar-refractivity contribution >= 4 is 22.6 Å². The predicted octanol–water partition coefficient (Wildman–Crippen LogP) is 3.27. The second-order valence-electron chi connectivity index (χ2n) is 6.65. The molecule has 1 amide bonds. The summed E-state index contributed by atoms with van der Waals surface area (Å²) in [7, 11) is 1.76. The first-order chi connectivity index (χ1) is 13.4. The van der Waals surface area contributed by atoms with Crippen LogP contribution in [0.2, 0.25) is 0 Å². The number of phenolic OH excluding ortho intramolecular Hbond substituents is 1. The number of hydrogen-bond acceptors (Lipinski definition) is 5. The van der Waals surface area contributed by atoms with Gasteiger partial charge in [0.1, 0.15) is 17.1 Å². The number of hydrogen-bond donors (Lipinski definition) is 2. The lowest BCUT2D eigenvalue weighted by molar-refractivity contribution is -0.117. The van der Waals surface area contributed by atoms with E-state index >= 15 is 0 Å². The van der Waals surface area contributed by atoms with E-state index in [1.165, 1.54) is 36.4 Å². The van der Waals surface area contributed by atoms with Gasteiger partial charge >= 0.3 is 5.63 Å². The van der Waals surface area contributed by atoms with Gasteiger partial charge < -0.3 is 14.8 Å². The standard InChI is InChI=1S/C21H21FN2O4/c1-3-13-8-17-14(9-21(27)28-19(17)10-18(13)25)11-24(2)12-20(26)23-16-6-4-15(22)5-7-16/h4-10,25H,3,11-12H2,1-2H3,(H,23,26). The van der Waals surface area contributed by atoms with Crippen LogP contribution >= 0.6 is 0 Å². The van der Waals surface area contributed by atoms with Crippen molar-refractivity contribution in [3.05, 3.63) is 69.8 Å². The number of aromatic hydroxyl groups is 1. The molecule has 0 aliphatic rings. The molecule has 0 atom stereocenters. The van der Waals surface area contributed by atoms with Gasteiger partial charge in [-0.2, -0.15) is 0 Å². The van der Waals surface area contributed by atoms with Gasteiger partial charge in [-0.05, 0) is 54.9 Å². The number of anilines is 1. The fourth-order valence-corrected chi connectivity index (χ4v) is 3.05. The number of nitrogens with one attached hydrogen (secondary N) is 1.